The number of hydrogen-bond acceptors (Lipinski definition) is 6. The van der Waals surface area contributed by atoms with Crippen LogP contribution >= 0.6 is 23.5 Å². The van der Waals surface area contributed by atoms with Gasteiger partial charge in [-0.3, -0.25) is 9.20 Å². The Bertz CT molecular complexity index is 932. The number of carbonyl (C=O) groups is 1. The second-order valence-electron chi connectivity index (χ2n) is 4.92. The van der Waals surface area contributed by atoms with Gasteiger partial charge in [0.25, 0.3) is 0 Å². The lowest BCUT2D eigenvalue weighted by atomic mass is 10.2. The molecule has 2 heterocycles. The number of aryl methyl sites for hydroxylation is 1. The molecule has 0 saturated carbocycles. The maximum absolute atomic E-state index is 12.2. The number of benzene rings is 1. The van der Waals surface area contributed by atoms with Gasteiger partial charge >= 0.3 is 0 Å². The largest absolute Gasteiger partial charge is 0.325 e. The van der Waals surface area contributed by atoms with Gasteiger partial charge in [-0.2, -0.15) is 5.26 Å². The monoisotopic (exact) mass is 355 g/mol. The topological polar surface area (TPSA) is 83.1 Å². The van der Waals surface area contributed by atoms with Crippen molar-refractivity contribution in [3.05, 3.63) is 48.2 Å². The summed E-state index contributed by atoms with van der Waals surface area (Å²) < 4.78 is 1.84. The maximum atomic E-state index is 12.2. The van der Waals surface area contributed by atoms with Gasteiger partial charge < -0.3 is 5.32 Å². The average Bonchev–Trinajstić information content (AvgIpc) is 2.99. The molecule has 24 heavy (non-hydrogen) atoms. The summed E-state index contributed by atoms with van der Waals surface area (Å²) in [6, 6.07) is 11.1. The van der Waals surface area contributed by atoms with Crippen molar-refractivity contribution in [2.75, 3.05) is 11.1 Å². The van der Waals surface area contributed by atoms with E-state index in [1.54, 1.807) is 0 Å². The second-order valence-corrected chi connectivity index (χ2v) is 6.72. The first-order valence-corrected chi connectivity index (χ1v) is 8.86. The first-order valence-electron chi connectivity index (χ1n) is 7.06. The molecule has 120 valence electrons. The molecule has 1 aromatic carbocycles. The fourth-order valence-electron chi connectivity index (χ4n) is 2.13. The highest BCUT2D eigenvalue weighted by Crippen LogP contribution is 2.24. The Hall–Kier alpha value is -2.50. The highest BCUT2D eigenvalue weighted by Gasteiger charge is 2.10. The lowest BCUT2D eigenvalue weighted by molar-refractivity contribution is -0.113. The van der Waals surface area contributed by atoms with Crippen LogP contribution in [0.3, 0.4) is 0 Å². The molecule has 2 aromatic heterocycles. The van der Waals surface area contributed by atoms with Gasteiger partial charge in [-0.05, 0) is 54.6 Å². The van der Waals surface area contributed by atoms with Gasteiger partial charge in [0.15, 0.2) is 10.8 Å². The fourth-order valence-corrected chi connectivity index (χ4v) is 3.33. The normalized spacial score (nSPS) is 10.5. The Morgan fingerprint density at radius 1 is 1.33 bits per heavy atom. The summed E-state index contributed by atoms with van der Waals surface area (Å²) in [6.07, 6.45) is 1.87. The Balaban J connectivity index is 1.63. The number of thioether (sulfide) groups is 2. The lowest BCUT2D eigenvalue weighted by Gasteiger charge is -2.08. The van der Waals surface area contributed by atoms with Gasteiger partial charge in [0.05, 0.1) is 5.75 Å². The summed E-state index contributed by atoms with van der Waals surface area (Å²) >= 11 is 2.43. The van der Waals surface area contributed by atoms with Crippen LogP contribution in [0.1, 0.15) is 5.56 Å². The van der Waals surface area contributed by atoms with Gasteiger partial charge in [-0.1, -0.05) is 17.8 Å². The first-order chi connectivity index (χ1) is 11.7. The third-order valence-corrected chi connectivity index (χ3v) is 4.77. The van der Waals surface area contributed by atoms with Crippen molar-refractivity contribution in [1.82, 2.24) is 14.6 Å². The third kappa shape index (κ3) is 3.69. The van der Waals surface area contributed by atoms with E-state index in [1.807, 2.05) is 59.3 Å². The van der Waals surface area contributed by atoms with Gasteiger partial charge in [0.2, 0.25) is 5.91 Å². The van der Waals surface area contributed by atoms with Crippen molar-refractivity contribution in [3.63, 3.8) is 0 Å². The number of nitrogens with zero attached hydrogens (tertiary/aromatic N) is 4. The molecule has 0 saturated heterocycles. The SMILES string of the molecule is Cc1cc(SC#N)ccc1NC(=O)CSc1nnc2ccccn12. The van der Waals surface area contributed by atoms with Crippen LogP contribution in [0.5, 0.6) is 0 Å². The van der Waals surface area contributed by atoms with Crippen molar-refractivity contribution < 1.29 is 4.79 Å². The van der Waals surface area contributed by atoms with Crippen molar-refractivity contribution in [2.24, 2.45) is 0 Å². The van der Waals surface area contributed by atoms with Gasteiger partial charge in [0.1, 0.15) is 5.40 Å². The molecule has 0 aliphatic rings. The summed E-state index contributed by atoms with van der Waals surface area (Å²) in [5.74, 6) is 0.126. The zero-order chi connectivity index (χ0) is 16.9. The van der Waals surface area contributed by atoms with Crippen LogP contribution in [-0.4, -0.2) is 26.3 Å². The van der Waals surface area contributed by atoms with Crippen LogP contribution in [0.25, 0.3) is 5.65 Å². The van der Waals surface area contributed by atoms with E-state index in [9.17, 15) is 4.79 Å². The zero-order valence-electron chi connectivity index (χ0n) is 12.8. The summed E-state index contributed by atoms with van der Waals surface area (Å²) in [5, 5.41) is 22.4. The van der Waals surface area contributed by atoms with Gasteiger partial charge in [0, 0.05) is 16.8 Å². The summed E-state index contributed by atoms with van der Waals surface area (Å²) in [4.78, 5) is 13.0. The molecular weight excluding hydrogens is 342 g/mol. The van der Waals surface area contributed by atoms with E-state index < -0.39 is 0 Å². The van der Waals surface area contributed by atoms with Crippen LogP contribution in [0.15, 0.2) is 52.6 Å². The number of nitrogens with one attached hydrogen (secondary N) is 1. The van der Waals surface area contributed by atoms with Gasteiger partial charge in [-0.25, -0.2) is 0 Å². The predicted octanol–water partition coefficient (Wildman–Crippen LogP) is 3.34. The van der Waals surface area contributed by atoms with E-state index in [1.165, 1.54) is 11.8 Å². The molecule has 0 unspecified atom stereocenters. The van der Waals surface area contributed by atoms with Crippen molar-refractivity contribution in [2.45, 2.75) is 17.0 Å². The molecule has 6 nitrogen and oxygen atoms in total. The lowest BCUT2D eigenvalue weighted by Crippen LogP contribution is -2.15. The summed E-state index contributed by atoms with van der Waals surface area (Å²) in [6.45, 7) is 1.90. The number of nitriles is 1. The Morgan fingerprint density at radius 3 is 3.00 bits per heavy atom. The molecule has 1 amide bonds. The van der Waals surface area contributed by atoms with E-state index >= 15 is 0 Å². The molecule has 0 spiro atoms. The molecule has 0 bridgehead atoms. The molecule has 0 fully saturated rings. The number of thiocyanates is 1. The molecule has 3 aromatic rings. The molecule has 0 atom stereocenters. The van der Waals surface area contributed by atoms with Crippen LogP contribution in [0, 0.1) is 17.6 Å². The summed E-state index contributed by atoms with van der Waals surface area (Å²) in [5.41, 5.74) is 2.41. The maximum Gasteiger partial charge on any atom is 0.234 e. The molecule has 3 rings (SSSR count). The summed E-state index contributed by atoms with van der Waals surface area (Å²) in [7, 11) is 0. The zero-order valence-corrected chi connectivity index (χ0v) is 14.4. The number of anilines is 1. The minimum atomic E-state index is -0.114. The number of carbonyl (C=O) groups excluding carboxylic acids is 1. The Kier molecular flexibility index (Phi) is 5.03. The standard InChI is InChI=1S/C16H13N5OS2/c1-11-8-12(24-10-17)5-6-13(11)18-15(22)9-23-16-20-19-14-4-2-3-7-21(14)16/h2-8H,9H2,1H3,(H,18,22). The number of hydrogen-bond donors (Lipinski definition) is 1. The van der Waals surface area contributed by atoms with Crippen LogP contribution < -0.4 is 5.32 Å². The number of fused-ring (bicyclic) bond motifs is 1. The van der Waals surface area contributed by atoms with Crippen LogP contribution in [-0.2, 0) is 4.79 Å². The second kappa shape index (κ2) is 7.38. The molecule has 1 N–H and O–H groups in total. The van der Waals surface area contributed by atoms with Crippen molar-refractivity contribution in [3.8, 4) is 5.40 Å². The number of rotatable bonds is 5. The fraction of sp³-hybridized carbons (Fsp3) is 0.125. The quantitative estimate of drug-likeness (QED) is 0.558. The minimum absolute atomic E-state index is 0.114. The van der Waals surface area contributed by atoms with Gasteiger partial charge in [-0.15, -0.1) is 10.2 Å². The van der Waals surface area contributed by atoms with E-state index in [0.29, 0.717) is 5.16 Å². The number of aromatic nitrogens is 3. The van der Waals surface area contributed by atoms with E-state index in [2.05, 4.69) is 15.5 Å². The van der Waals surface area contributed by atoms with Crippen molar-refractivity contribution in [1.29, 1.82) is 5.26 Å². The molecule has 0 aliphatic carbocycles. The van der Waals surface area contributed by atoms with Crippen molar-refractivity contribution >= 4 is 40.8 Å². The number of amides is 1. The molecule has 0 radical (unpaired) electrons. The predicted molar refractivity (Wildman–Crippen MR) is 95.0 cm³/mol. The van der Waals surface area contributed by atoms with Crippen LogP contribution in [0.2, 0.25) is 0 Å². The first kappa shape index (κ1) is 16.4. The molecular formula is C16H13N5OS2. The van der Waals surface area contributed by atoms with E-state index in [0.717, 1.165) is 33.6 Å². The molecule has 8 heteroatoms. The Labute approximate surface area is 147 Å². The van der Waals surface area contributed by atoms with E-state index in [-0.39, 0.29) is 11.7 Å². The van der Waals surface area contributed by atoms with Crippen LogP contribution in [0.4, 0.5) is 5.69 Å². The number of pyridine rings is 1. The third-order valence-electron chi connectivity index (χ3n) is 3.25. The molecule has 0 aliphatic heterocycles. The van der Waals surface area contributed by atoms with E-state index in [4.69, 9.17) is 5.26 Å². The highest BCUT2D eigenvalue weighted by molar-refractivity contribution is 8.03. The average molecular weight is 355 g/mol. The minimum Gasteiger partial charge on any atom is -0.325 e. The highest BCUT2D eigenvalue weighted by atomic mass is 32.2. The smallest absolute Gasteiger partial charge is 0.234 e. The Morgan fingerprint density at radius 2 is 2.21 bits per heavy atom.